The number of hydrogen-bond acceptors (Lipinski definition) is 2. The average molecular weight is 281 g/mol. The van der Waals surface area contributed by atoms with E-state index < -0.39 is 0 Å². The molecule has 0 heterocycles. The molecule has 2 rings (SSSR count). The Labute approximate surface area is 122 Å². The largest absolute Gasteiger partial charge is 0.313 e. The molecule has 1 aromatic rings. The molecule has 0 unspecified atom stereocenters. The summed E-state index contributed by atoms with van der Waals surface area (Å²) in [5, 5.41) is 4.56. The fraction of sp³-hybridized carbons (Fsp3) is 0.625. The first kappa shape index (κ1) is 14.8. The Morgan fingerprint density at radius 2 is 2.00 bits per heavy atom. The topological polar surface area (TPSA) is 15.3 Å². The van der Waals surface area contributed by atoms with Crippen molar-refractivity contribution in [3.05, 3.63) is 34.9 Å². The van der Waals surface area contributed by atoms with Crippen LogP contribution in [0.25, 0.3) is 0 Å². The fourth-order valence-electron chi connectivity index (χ4n) is 2.55. The molecule has 0 aromatic heterocycles. The van der Waals surface area contributed by atoms with Crippen LogP contribution in [0.1, 0.15) is 38.2 Å². The highest BCUT2D eigenvalue weighted by Crippen LogP contribution is 2.39. The van der Waals surface area contributed by atoms with Gasteiger partial charge < -0.3 is 10.2 Å². The van der Waals surface area contributed by atoms with Crippen LogP contribution >= 0.6 is 11.6 Å². The quantitative estimate of drug-likeness (QED) is 0.858. The van der Waals surface area contributed by atoms with E-state index in [0.717, 1.165) is 18.1 Å². The maximum absolute atomic E-state index is 6.23. The third-order valence-corrected chi connectivity index (χ3v) is 4.61. The Hall–Kier alpha value is -0.570. The summed E-state index contributed by atoms with van der Waals surface area (Å²) in [5.74, 6) is 0.647. The average Bonchev–Trinajstić information content (AvgIpc) is 2.33. The van der Waals surface area contributed by atoms with Crippen LogP contribution in [0.2, 0.25) is 5.02 Å². The van der Waals surface area contributed by atoms with E-state index in [9.17, 15) is 0 Å². The van der Waals surface area contributed by atoms with Crippen LogP contribution in [0.15, 0.2) is 24.3 Å². The predicted molar refractivity (Wildman–Crippen MR) is 83.0 cm³/mol. The van der Waals surface area contributed by atoms with Gasteiger partial charge in [-0.25, -0.2) is 0 Å². The van der Waals surface area contributed by atoms with Gasteiger partial charge in [-0.1, -0.05) is 29.8 Å². The van der Waals surface area contributed by atoms with Gasteiger partial charge in [0.15, 0.2) is 0 Å². The summed E-state index contributed by atoms with van der Waals surface area (Å²) < 4.78 is 0. The number of benzene rings is 1. The van der Waals surface area contributed by atoms with Crippen molar-refractivity contribution in [2.75, 3.05) is 20.1 Å². The number of rotatable bonds is 6. The molecule has 106 valence electrons. The smallest absolute Gasteiger partial charge is 0.0440 e. The zero-order valence-corrected chi connectivity index (χ0v) is 13.0. The highest BCUT2D eigenvalue weighted by atomic mass is 35.5. The molecule has 1 aliphatic carbocycles. The van der Waals surface area contributed by atoms with Crippen LogP contribution < -0.4 is 5.32 Å². The van der Waals surface area contributed by atoms with Crippen LogP contribution in [0.5, 0.6) is 0 Å². The maximum Gasteiger partial charge on any atom is 0.0440 e. The van der Waals surface area contributed by atoms with Crippen LogP contribution in [-0.2, 0) is 0 Å². The Bertz CT molecular complexity index is 399. The van der Waals surface area contributed by atoms with Crippen molar-refractivity contribution in [3.8, 4) is 0 Å². The summed E-state index contributed by atoms with van der Waals surface area (Å²) in [6.45, 7) is 6.66. The van der Waals surface area contributed by atoms with E-state index in [1.54, 1.807) is 0 Å². The Balaban J connectivity index is 1.68. The third-order valence-electron chi connectivity index (χ3n) is 4.26. The molecule has 1 aliphatic rings. The number of nitrogens with zero attached hydrogens (tertiary/aromatic N) is 1. The molecule has 0 amide bonds. The standard InChI is InChI=1S/C16H25ClN2/c1-12(2)19(3)9-8-18-14-10-13(11-14)15-6-4-5-7-16(15)17/h4-7,12-14,18H,8-11H2,1-3H3. The lowest BCUT2D eigenvalue weighted by Gasteiger charge is -2.37. The van der Waals surface area contributed by atoms with Crippen LogP contribution in [0.4, 0.5) is 0 Å². The van der Waals surface area contributed by atoms with Gasteiger partial charge >= 0.3 is 0 Å². The van der Waals surface area contributed by atoms with E-state index in [0.29, 0.717) is 18.0 Å². The van der Waals surface area contributed by atoms with E-state index >= 15 is 0 Å². The number of likely N-dealkylation sites (N-methyl/N-ethyl adjacent to an activating group) is 1. The van der Waals surface area contributed by atoms with Gasteiger partial charge in [-0.15, -0.1) is 0 Å². The third kappa shape index (κ3) is 3.95. The lowest BCUT2D eigenvalue weighted by atomic mass is 9.76. The molecule has 0 bridgehead atoms. The Kier molecular flexibility index (Phi) is 5.26. The van der Waals surface area contributed by atoms with Gasteiger partial charge in [-0.3, -0.25) is 0 Å². The summed E-state index contributed by atoms with van der Waals surface area (Å²) >= 11 is 6.23. The van der Waals surface area contributed by atoms with Gasteiger partial charge in [0.25, 0.3) is 0 Å². The SMILES string of the molecule is CC(C)N(C)CCNC1CC(c2ccccc2Cl)C1. The minimum Gasteiger partial charge on any atom is -0.313 e. The highest BCUT2D eigenvalue weighted by Gasteiger charge is 2.30. The number of hydrogen-bond donors (Lipinski definition) is 1. The first-order chi connectivity index (χ1) is 9.08. The predicted octanol–water partition coefficient (Wildman–Crippen LogP) is 3.52. The zero-order chi connectivity index (χ0) is 13.8. The van der Waals surface area contributed by atoms with Crippen LogP contribution in [-0.4, -0.2) is 37.1 Å². The fourth-order valence-corrected chi connectivity index (χ4v) is 2.84. The summed E-state index contributed by atoms with van der Waals surface area (Å²) in [6.07, 6.45) is 2.43. The molecule has 0 radical (unpaired) electrons. The monoisotopic (exact) mass is 280 g/mol. The minimum atomic E-state index is 0.624. The van der Waals surface area contributed by atoms with Gasteiger partial charge in [-0.05, 0) is 51.3 Å². The van der Waals surface area contributed by atoms with Gasteiger partial charge in [0, 0.05) is 30.2 Å². The first-order valence-electron chi connectivity index (χ1n) is 7.26. The summed E-state index contributed by atoms with van der Waals surface area (Å²) in [6, 6.07) is 9.54. The maximum atomic E-state index is 6.23. The minimum absolute atomic E-state index is 0.624. The van der Waals surface area contributed by atoms with Crippen molar-refractivity contribution in [2.45, 2.75) is 44.7 Å². The molecular formula is C16H25ClN2. The van der Waals surface area contributed by atoms with E-state index in [1.165, 1.54) is 18.4 Å². The molecule has 0 spiro atoms. The van der Waals surface area contributed by atoms with E-state index in [-0.39, 0.29) is 0 Å². The Morgan fingerprint density at radius 3 is 2.63 bits per heavy atom. The lowest BCUT2D eigenvalue weighted by molar-refractivity contribution is 0.242. The molecular weight excluding hydrogens is 256 g/mol. The number of halogens is 1. The molecule has 19 heavy (non-hydrogen) atoms. The summed E-state index contributed by atoms with van der Waals surface area (Å²) in [5.41, 5.74) is 1.32. The number of nitrogens with one attached hydrogen (secondary N) is 1. The van der Waals surface area contributed by atoms with Crippen molar-refractivity contribution in [1.82, 2.24) is 10.2 Å². The molecule has 1 aromatic carbocycles. The van der Waals surface area contributed by atoms with Crippen molar-refractivity contribution in [1.29, 1.82) is 0 Å². The van der Waals surface area contributed by atoms with Gasteiger partial charge in [0.2, 0.25) is 0 Å². The molecule has 0 atom stereocenters. The Morgan fingerprint density at radius 1 is 1.32 bits per heavy atom. The summed E-state index contributed by atoms with van der Waals surface area (Å²) in [7, 11) is 2.18. The van der Waals surface area contributed by atoms with Gasteiger partial charge in [-0.2, -0.15) is 0 Å². The lowest BCUT2D eigenvalue weighted by Crippen LogP contribution is -2.44. The molecule has 0 saturated heterocycles. The van der Waals surface area contributed by atoms with E-state index in [2.05, 4.69) is 43.2 Å². The second-order valence-electron chi connectivity index (χ2n) is 5.92. The molecule has 1 saturated carbocycles. The molecule has 2 nitrogen and oxygen atoms in total. The highest BCUT2D eigenvalue weighted by molar-refractivity contribution is 6.31. The van der Waals surface area contributed by atoms with Gasteiger partial charge in [0.05, 0.1) is 0 Å². The van der Waals surface area contributed by atoms with Crippen molar-refractivity contribution in [2.24, 2.45) is 0 Å². The van der Waals surface area contributed by atoms with E-state index in [1.807, 2.05) is 12.1 Å². The first-order valence-corrected chi connectivity index (χ1v) is 7.63. The van der Waals surface area contributed by atoms with Crippen LogP contribution in [0.3, 0.4) is 0 Å². The van der Waals surface area contributed by atoms with Crippen molar-refractivity contribution >= 4 is 11.6 Å². The molecule has 0 aliphatic heterocycles. The molecule has 1 fully saturated rings. The van der Waals surface area contributed by atoms with Crippen molar-refractivity contribution < 1.29 is 0 Å². The second-order valence-corrected chi connectivity index (χ2v) is 6.32. The van der Waals surface area contributed by atoms with Crippen molar-refractivity contribution in [3.63, 3.8) is 0 Å². The molecule has 3 heteroatoms. The van der Waals surface area contributed by atoms with Gasteiger partial charge in [0.1, 0.15) is 0 Å². The second kappa shape index (κ2) is 6.74. The zero-order valence-electron chi connectivity index (χ0n) is 12.2. The van der Waals surface area contributed by atoms with E-state index in [4.69, 9.17) is 11.6 Å². The normalized spacial score (nSPS) is 22.8. The summed E-state index contributed by atoms with van der Waals surface area (Å²) in [4.78, 5) is 2.37. The molecule has 1 N–H and O–H groups in total. The van der Waals surface area contributed by atoms with Crippen LogP contribution in [0, 0.1) is 0 Å².